The summed E-state index contributed by atoms with van der Waals surface area (Å²) in [5.74, 6) is -0.364. The first-order chi connectivity index (χ1) is 38.4. The van der Waals surface area contributed by atoms with Gasteiger partial charge in [-0.2, -0.15) is 0 Å². The highest BCUT2D eigenvalue weighted by Gasteiger charge is 2.45. The standard InChI is InChI=1S/C25H18.C22H21N.C13H11F.C7H7F.C7H8.C2H6/c1-3-11-19(12-4-1)25(20-13-5-2-6-14-20)23-17-9-7-15-21(23)22-16-8-10-18-24(22)25;1-16-13-14-21-19(15-16)22(2,3)18-11-7-8-12-20(18)23(21)17-9-5-4-6-10-17;1-10-2-4-11(5-3-10)12-6-8-13(14)9-7-12;1-6-2-4-7(8)5-3-6;1-7-5-3-2-4-6-7;1-2/h1-18H;4-15H,1-3H3;2-9H,1H3;2-5H,1H3;2-6H,1H3;1-2H3. The summed E-state index contributed by atoms with van der Waals surface area (Å²) in [6.07, 6.45) is 0. The van der Waals surface area contributed by atoms with Crippen LogP contribution >= 0.6 is 0 Å². The molecule has 1 aliphatic heterocycles. The molecule has 1 aliphatic carbocycles. The average molecular weight is 1040 g/mol. The molecule has 2 aliphatic rings. The quantitative estimate of drug-likeness (QED) is 0.170. The summed E-state index contributed by atoms with van der Waals surface area (Å²) in [5, 5.41) is 0. The van der Waals surface area contributed by atoms with Crippen molar-refractivity contribution in [1.82, 2.24) is 0 Å². The normalized spacial score (nSPS) is 12.4. The lowest BCUT2D eigenvalue weighted by Crippen LogP contribution is -2.30. The summed E-state index contributed by atoms with van der Waals surface area (Å²) in [6.45, 7) is 16.9. The molecule has 0 amide bonds. The van der Waals surface area contributed by atoms with Crippen molar-refractivity contribution in [2.75, 3.05) is 4.90 Å². The van der Waals surface area contributed by atoms with Crippen LogP contribution in [0.25, 0.3) is 22.3 Å². The van der Waals surface area contributed by atoms with E-state index in [2.05, 4.69) is 246 Å². The number of anilines is 3. The zero-order valence-corrected chi connectivity index (χ0v) is 46.8. The van der Waals surface area contributed by atoms with Crippen molar-refractivity contribution in [2.24, 2.45) is 0 Å². The molecular weight excluding hydrogens is 965 g/mol. The van der Waals surface area contributed by atoms with Crippen LogP contribution in [0.15, 0.2) is 285 Å². The predicted molar refractivity (Wildman–Crippen MR) is 332 cm³/mol. The minimum Gasteiger partial charge on any atom is -0.310 e. The molecule has 1 nitrogen and oxygen atoms in total. The van der Waals surface area contributed by atoms with E-state index in [0.717, 1.165) is 16.7 Å². The maximum Gasteiger partial charge on any atom is 0.123 e. The van der Waals surface area contributed by atoms with Gasteiger partial charge in [-0.05, 0) is 132 Å². The van der Waals surface area contributed by atoms with Gasteiger partial charge in [0, 0.05) is 11.1 Å². The van der Waals surface area contributed by atoms with Gasteiger partial charge < -0.3 is 4.90 Å². The molecule has 0 N–H and O–H groups in total. The maximum atomic E-state index is 12.7. The fraction of sp³-hybridized carbons (Fsp3) is 0.132. The van der Waals surface area contributed by atoms with Crippen molar-refractivity contribution in [1.29, 1.82) is 0 Å². The van der Waals surface area contributed by atoms with Gasteiger partial charge in [-0.25, -0.2) is 8.78 Å². The summed E-state index contributed by atoms with van der Waals surface area (Å²) in [6, 6.07) is 97.1. The number of benzene rings is 11. The molecule has 0 saturated carbocycles. The number of aryl methyl sites for hydroxylation is 4. The Morgan fingerprint density at radius 1 is 0.304 bits per heavy atom. The van der Waals surface area contributed by atoms with Gasteiger partial charge in [0.1, 0.15) is 11.6 Å². The topological polar surface area (TPSA) is 3.24 Å². The highest BCUT2D eigenvalue weighted by Crippen LogP contribution is 2.56. The second-order valence-corrected chi connectivity index (χ2v) is 20.2. The summed E-state index contributed by atoms with van der Waals surface area (Å²) >= 11 is 0. The molecule has 11 aromatic carbocycles. The van der Waals surface area contributed by atoms with Crippen molar-refractivity contribution < 1.29 is 8.78 Å². The van der Waals surface area contributed by atoms with Crippen LogP contribution in [-0.4, -0.2) is 0 Å². The van der Waals surface area contributed by atoms with Crippen molar-refractivity contribution in [3.05, 3.63) is 352 Å². The summed E-state index contributed by atoms with van der Waals surface area (Å²) in [7, 11) is 0. The zero-order valence-electron chi connectivity index (χ0n) is 46.8. The number of hydrogen-bond acceptors (Lipinski definition) is 1. The smallest absolute Gasteiger partial charge is 0.123 e. The van der Waals surface area contributed by atoms with E-state index in [1.165, 1.54) is 103 Å². The largest absolute Gasteiger partial charge is 0.310 e. The van der Waals surface area contributed by atoms with Crippen LogP contribution in [0.2, 0.25) is 0 Å². The van der Waals surface area contributed by atoms with Gasteiger partial charge in [-0.15, -0.1) is 0 Å². The van der Waals surface area contributed by atoms with Crippen molar-refractivity contribution in [3.63, 3.8) is 0 Å². The fourth-order valence-corrected chi connectivity index (χ4v) is 10.5. The van der Waals surface area contributed by atoms with E-state index in [0.29, 0.717) is 0 Å². The average Bonchev–Trinajstić information content (AvgIpc) is 4.05. The molecule has 0 unspecified atom stereocenters. The van der Waals surface area contributed by atoms with E-state index in [1.807, 2.05) is 51.1 Å². The monoisotopic (exact) mass is 1040 g/mol. The fourth-order valence-electron chi connectivity index (χ4n) is 10.5. The van der Waals surface area contributed by atoms with Crippen LogP contribution in [0.5, 0.6) is 0 Å². The van der Waals surface area contributed by atoms with Crippen molar-refractivity contribution >= 4 is 17.1 Å². The molecule has 0 atom stereocenters. The summed E-state index contributed by atoms with van der Waals surface area (Å²) < 4.78 is 24.8. The van der Waals surface area contributed by atoms with Crippen LogP contribution in [0, 0.1) is 39.3 Å². The van der Waals surface area contributed by atoms with E-state index in [9.17, 15) is 8.78 Å². The zero-order chi connectivity index (χ0) is 55.8. The van der Waals surface area contributed by atoms with Crippen molar-refractivity contribution in [3.8, 4) is 22.3 Å². The van der Waals surface area contributed by atoms with Gasteiger partial charge in [0.25, 0.3) is 0 Å². The van der Waals surface area contributed by atoms with Crippen LogP contribution in [0.4, 0.5) is 25.8 Å². The first kappa shape index (κ1) is 56.3. The Hall–Kier alpha value is -8.92. The second kappa shape index (κ2) is 26.4. The molecule has 0 fully saturated rings. The van der Waals surface area contributed by atoms with Crippen LogP contribution < -0.4 is 4.90 Å². The van der Waals surface area contributed by atoms with E-state index in [1.54, 1.807) is 24.3 Å². The number of fused-ring (bicyclic) bond motifs is 5. The number of halogens is 2. The molecule has 0 saturated heterocycles. The molecule has 3 heteroatoms. The Morgan fingerprint density at radius 2 is 0.646 bits per heavy atom. The molecule has 13 rings (SSSR count). The van der Waals surface area contributed by atoms with Gasteiger partial charge in [-0.1, -0.05) is 287 Å². The lowest BCUT2D eigenvalue weighted by Gasteiger charge is -2.42. The van der Waals surface area contributed by atoms with Crippen LogP contribution in [-0.2, 0) is 10.8 Å². The lowest BCUT2D eigenvalue weighted by molar-refractivity contribution is 0.627. The number of hydrogen-bond donors (Lipinski definition) is 0. The van der Waals surface area contributed by atoms with Gasteiger partial charge >= 0.3 is 0 Å². The summed E-state index contributed by atoms with van der Waals surface area (Å²) in [5.41, 5.74) is 21.5. The Kier molecular flexibility index (Phi) is 18.8. The minimum absolute atomic E-state index is 0.00320. The number of para-hydroxylation sites is 2. The Morgan fingerprint density at radius 3 is 1.10 bits per heavy atom. The molecule has 0 radical (unpaired) electrons. The third-order valence-corrected chi connectivity index (χ3v) is 14.4. The van der Waals surface area contributed by atoms with Crippen molar-refractivity contribution in [2.45, 2.75) is 66.2 Å². The highest BCUT2D eigenvalue weighted by atomic mass is 19.1. The van der Waals surface area contributed by atoms with Gasteiger partial charge in [0.2, 0.25) is 0 Å². The van der Waals surface area contributed by atoms with E-state index in [-0.39, 0.29) is 22.5 Å². The third kappa shape index (κ3) is 12.9. The molecule has 1 heterocycles. The lowest BCUT2D eigenvalue weighted by atomic mass is 9.68. The predicted octanol–water partition coefficient (Wildman–Crippen LogP) is 21.1. The Labute approximate surface area is 469 Å². The maximum absolute atomic E-state index is 12.7. The van der Waals surface area contributed by atoms with Gasteiger partial charge in [-0.3, -0.25) is 0 Å². The van der Waals surface area contributed by atoms with E-state index in [4.69, 9.17) is 0 Å². The van der Waals surface area contributed by atoms with Gasteiger partial charge in [0.15, 0.2) is 0 Å². The molecule has 0 bridgehead atoms. The first-order valence-electron chi connectivity index (χ1n) is 27.4. The number of rotatable bonds is 4. The molecule has 79 heavy (non-hydrogen) atoms. The number of nitrogens with zero attached hydrogens (tertiary/aromatic N) is 1. The van der Waals surface area contributed by atoms with Crippen LogP contribution in [0.1, 0.15) is 83.3 Å². The minimum atomic E-state index is -0.254. The second-order valence-electron chi connectivity index (χ2n) is 20.2. The molecule has 0 aromatic heterocycles. The Balaban J connectivity index is 0.000000139. The molecular formula is C76H71F2N. The van der Waals surface area contributed by atoms with Crippen LogP contribution in [0.3, 0.4) is 0 Å². The molecule has 0 spiro atoms. The van der Waals surface area contributed by atoms with Gasteiger partial charge in [0.05, 0.1) is 16.8 Å². The first-order valence-corrected chi connectivity index (χ1v) is 27.4. The molecule has 11 aromatic rings. The summed E-state index contributed by atoms with van der Waals surface area (Å²) in [4.78, 5) is 2.38. The SMILES string of the molecule is CC.Cc1ccc(-c2ccc(F)cc2)cc1.Cc1ccc(F)cc1.Cc1ccc2c(c1)C(C)(C)c1ccccc1N2c1ccccc1.Cc1ccccc1.c1ccc(C2(c3ccccc3)c3ccccc3-c3ccccc32)cc1. The Bertz CT molecular complexity index is 3480. The highest BCUT2D eigenvalue weighted by molar-refractivity contribution is 5.87. The molecule has 394 valence electrons. The van der Waals surface area contributed by atoms with E-state index < -0.39 is 0 Å². The van der Waals surface area contributed by atoms with E-state index >= 15 is 0 Å². The third-order valence-electron chi connectivity index (χ3n) is 14.4.